The molecule has 1 heterocycles. The van der Waals surface area contributed by atoms with Gasteiger partial charge in [-0.15, -0.1) is 0 Å². The van der Waals surface area contributed by atoms with Crippen molar-refractivity contribution in [1.29, 1.82) is 0 Å². The van der Waals surface area contributed by atoms with Crippen LogP contribution in [0.1, 0.15) is 46.8 Å². The third kappa shape index (κ3) is 7.83. The SMILES string of the molecule is CCS(=O)(=O)c1ccc(Cl)cc1CNC(=O)c1cc(Cl)c(CN2CCC[C@H](OCCN)C2)c(C(F)(F)F)c1. The van der Waals surface area contributed by atoms with Gasteiger partial charge in [0.05, 0.1) is 28.9 Å². The summed E-state index contributed by atoms with van der Waals surface area (Å²) in [6.07, 6.45) is -3.33. The molecule has 2 aromatic carbocycles. The lowest BCUT2D eigenvalue weighted by molar-refractivity contribution is -0.138. The van der Waals surface area contributed by atoms with Crippen molar-refractivity contribution in [2.75, 3.05) is 32.0 Å². The Hall–Kier alpha value is -1.89. The van der Waals surface area contributed by atoms with Crippen LogP contribution in [-0.4, -0.2) is 57.3 Å². The van der Waals surface area contributed by atoms with Crippen LogP contribution < -0.4 is 11.1 Å². The molecule has 1 fully saturated rings. The molecule has 2 aromatic rings. The number of halogens is 5. The maximum atomic E-state index is 14.1. The molecule has 7 nitrogen and oxygen atoms in total. The first kappa shape index (κ1) is 30.6. The predicted molar refractivity (Wildman–Crippen MR) is 140 cm³/mol. The standard InChI is InChI=1S/C25H30Cl2F3N3O4S/c1-2-38(35,36)23-6-5-18(26)10-17(23)13-32-24(34)16-11-21(25(28,29)30)20(22(27)12-16)15-33-8-3-4-19(14-33)37-9-7-31/h5-6,10-12,19H,2-4,7-9,13-15,31H2,1H3,(H,32,34)/t19-/m0/s1. The molecule has 1 aliphatic heterocycles. The lowest BCUT2D eigenvalue weighted by Gasteiger charge is -2.33. The molecule has 3 rings (SSSR count). The van der Waals surface area contributed by atoms with Gasteiger partial charge < -0.3 is 15.8 Å². The Balaban J connectivity index is 1.83. The number of sulfone groups is 1. The van der Waals surface area contributed by atoms with Crippen molar-refractivity contribution in [1.82, 2.24) is 10.2 Å². The molecule has 1 atom stereocenters. The Morgan fingerprint density at radius 3 is 2.63 bits per heavy atom. The van der Waals surface area contributed by atoms with E-state index in [4.69, 9.17) is 33.7 Å². The zero-order valence-corrected chi connectivity index (χ0v) is 23.1. The van der Waals surface area contributed by atoms with Crippen LogP contribution >= 0.6 is 23.2 Å². The Bertz CT molecular complexity index is 1260. The summed E-state index contributed by atoms with van der Waals surface area (Å²) in [5.41, 5.74) is 4.28. The molecule has 1 saturated heterocycles. The highest BCUT2D eigenvalue weighted by Crippen LogP contribution is 2.37. The number of alkyl halides is 3. The van der Waals surface area contributed by atoms with Gasteiger partial charge in [0.2, 0.25) is 0 Å². The molecule has 0 unspecified atom stereocenters. The van der Waals surface area contributed by atoms with Gasteiger partial charge in [0.15, 0.2) is 9.84 Å². The van der Waals surface area contributed by atoms with E-state index in [0.29, 0.717) is 26.2 Å². The average molecular weight is 596 g/mol. The first-order chi connectivity index (χ1) is 17.9. The van der Waals surface area contributed by atoms with Crippen molar-refractivity contribution in [3.8, 4) is 0 Å². The second-order valence-electron chi connectivity index (χ2n) is 8.98. The first-order valence-electron chi connectivity index (χ1n) is 12.1. The first-order valence-corrected chi connectivity index (χ1v) is 14.5. The van der Waals surface area contributed by atoms with Gasteiger partial charge in [-0.25, -0.2) is 8.42 Å². The third-order valence-corrected chi connectivity index (χ3v) is 8.66. The largest absolute Gasteiger partial charge is 0.416 e. The quantitative estimate of drug-likeness (QED) is 0.414. The molecule has 0 spiro atoms. The molecule has 1 aliphatic rings. The predicted octanol–water partition coefficient (Wildman–Crippen LogP) is 4.68. The Kier molecular flexibility index (Phi) is 10.5. The number of piperidine rings is 1. The molecule has 1 amide bonds. The van der Waals surface area contributed by atoms with Crippen molar-refractivity contribution in [2.45, 2.75) is 50.0 Å². The number of ether oxygens (including phenoxy) is 1. The second kappa shape index (κ2) is 13.0. The van der Waals surface area contributed by atoms with Gasteiger partial charge in [0, 0.05) is 41.8 Å². The molecule has 3 N–H and O–H groups in total. The maximum absolute atomic E-state index is 14.1. The highest BCUT2D eigenvalue weighted by molar-refractivity contribution is 7.91. The molecular weight excluding hydrogens is 566 g/mol. The lowest BCUT2D eigenvalue weighted by Crippen LogP contribution is -2.40. The van der Waals surface area contributed by atoms with Gasteiger partial charge in [0.25, 0.3) is 5.91 Å². The number of carbonyl (C=O) groups excluding carboxylic acids is 1. The van der Waals surface area contributed by atoms with E-state index in [0.717, 1.165) is 18.9 Å². The van der Waals surface area contributed by atoms with Crippen molar-refractivity contribution in [3.05, 3.63) is 62.6 Å². The van der Waals surface area contributed by atoms with Gasteiger partial charge in [-0.05, 0) is 60.8 Å². The Morgan fingerprint density at radius 2 is 1.97 bits per heavy atom. The topological polar surface area (TPSA) is 102 Å². The van der Waals surface area contributed by atoms with E-state index >= 15 is 0 Å². The van der Waals surface area contributed by atoms with Gasteiger partial charge in [-0.1, -0.05) is 30.1 Å². The minimum atomic E-state index is -4.75. The van der Waals surface area contributed by atoms with Gasteiger partial charge in [-0.2, -0.15) is 13.2 Å². The fraction of sp³-hybridized carbons (Fsp3) is 0.480. The van der Waals surface area contributed by atoms with Crippen LogP contribution in [0.5, 0.6) is 0 Å². The summed E-state index contributed by atoms with van der Waals surface area (Å²) in [6, 6.07) is 6.10. The summed E-state index contributed by atoms with van der Waals surface area (Å²) in [6.45, 7) is 2.92. The lowest BCUT2D eigenvalue weighted by atomic mass is 10.0. The number of nitrogens with two attached hydrogens (primary N) is 1. The molecule has 210 valence electrons. The molecule has 0 radical (unpaired) electrons. The number of rotatable bonds is 10. The normalized spacial score (nSPS) is 17.0. The van der Waals surface area contributed by atoms with E-state index in [1.165, 1.54) is 31.2 Å². The van der Waals surface area contributed by atoms with Crippen molar-refractivity contribution < 1.29 is 31.1 Å². The second-order valence-corrected chi connectivity index (χ2v) is 12.1. The van der Waals surface area contributed by atoms with E-state index in [1.54, 1.807) is 0 Å². The van der Waals surface area contributed by atoms with Crippen LogP contribution in [0.25, 0.3) is 0 Å². The van der Waals surface area contributed by atoms with E-state index < -0.39 is 27.5 Å². The molecule has 0 aliphatic carbocycles. The highest BCUT2D eigenvalue weighted by atomic mass is 35.5. The Morgan fingerprint density at radius 1 is 1.24 bits per heavy atom. The van der Waals surface area contributed by atoms with Crippen LogP contribution in [-0.2, 0) is 33.8 Å². The number of likely N-dealkylation sites (tertiary alicyclic amines) is 1. The summed E-state index contributed by atoms with van der Waals surface area (Å²) in [5.74, 6) is -1.00. The maximum Gasteiger partial charge on any atom is 0.416 e. The van der Waals surface area contributed by atoms with E-state index in [2.05, 4.69) is 5.32 Å². The number of hydrogen-bond acceptors (Lipinski definition) is 6. The molecule has 38 heavy (non-hydrogen) atoms. The zero-order valence-electron chi connectivity index (χ0n) is 20.8. The van der Waals surface area contributed by atoms with E-state index in [9.17, 15) is 26.4 Å². The molecule has 0 bridgehead atoms. The van der Waals surface area contributed by atoms with Crippen LogP contribution in [0.3, 0.4) is 0 Å². The van der Waals surface area contributed by atoms with Crippen LogP contribution in [0.4, 0.5) is 13.2 Å². The van der Waals surface area contributed by atoms with Crippen LogP contribution in [0.2, 0.25) is 10.0 Å². The average Bonchev–Trinajstić information content (AvgIpc) is 2.86. The molecule has 0 saturated carbocycles. The summed E-state index contributed by atoms with van der Waals surface area (Å²) in [7, 11) is -3.62. The Labute approximate surface area is 230 Å². The fourth-order valence-electron chi connectivity index (χ4n) is 4.36. The van der Waals surface area contributed by atoms with Gasteiger partial charge in [0.1, 0.15) is 0 Å². The monoisotopic (exact) mass is 595 g/mol. The smallest absolute Gasteiger partial charge is 0.376 e. The summed E-state index contributed by atoms with van der Waals surface area (Å²) >= 11 is 12.3. The summed E-state index contributed by atoms with van der Waals surface area (Å²) in [4.78, 5) is 14.7. The van der Waals surface area contributed by atoms with Crippen molar-refractivity contribution in [3.63, 3.8) is 0 Å². The molecular formula is C25H30Cl2F3N3O4S. The van der Waals surface area contributed by atoms with E-state index in [-0.39, 0.29) is 56.6 Å². The van der Waals surface area contributed by atoms with Crippen molar-refractivity contribution in [2.24, 2.45) is 5.73 Å². The third-order valence-electron chi connectivity index (χ3n) is 6.26. The number of hydrogen-bond donors (Lipinski definition) is 2. The number of carbonyl (C=O) groups is 1. The van der Waals surface area contributed by atoms with Crippen molar-refractivity contribution >= 4 is 38.9 Å². The fourth-order valence-corrected chi connectivity index (χ4v) is 5.95. The minimum Gasteiger partial charge on any atom is -0.376 e. The number of benzene rings is 2. The van der Waals surface area contributed by atoms with E-state index in [1.807, 2.05) is 4.90 Å². The zero-order chi connectivity index (χ0) is 28.1. The summed E-state index contributed by atoms with van der Waals surface area (Å²) in [5, 5.41) is 2.55. The molecule has 0 aromatic heterocycles. The number of nitrogens with one attached hydrogen (secondary N) is 1. The van der Waals surface area contributed by atoms with Crippen LogP contribution in [0, 0.1) is 0 Å². The number of amides is 1. The number of nitrogens with zero attached hydrogens (tertiary/aromatic N) is 1. The minimum absolute atomic E-state index is 0.00987. The summed E-state index contributed by atoms with van der Waals surface area (Å²) < 4.78 is 72.7. The van der Waals surface area contributed by atoms with Gasteiger partial charge >= 0.3 is 6.18 Å². The van der Waals surface area contributed by atoms with Gasteiger partial charge in [-0.3, -0.25) is 9.69 Å². The van der Waals surface area contributed by atoms with Crippen LogP contribution in [0.15, 0.2) is 35.2 Å². The highest BCUT2D eigenvalue weighted by Gasteiger charge is 2.36. The molecule has 13 heteroatoms.